The molecular formula is C13H16Cl2N4O. The number of benzene rings is 1. The molecule has 0 saturated heterocycles. The van der Waals surface area contributed by atoms with Crippen LogP contribution in [0.3, 0.4) is 0 Å². The normalized spacial score (nSPS) is 10.8. The van der Waals surface area contributed by atoms with E-state index in [9.17, 15) is 0 Å². The molecule has 1 aromatic heterocycles. The molecule has 0 aliphatic rings. The van der Waals surface area contributed by atoms with Crippen LogP contribution in [-0.2, 0) is 13.0 Å². The van der Waals surface area contributed by atoms with Gasteiger partial charge >= 0.3 is 6.01 Å². The van der Waals surface area contributed by atoms with Crippen molar-refractivity contribution >= 4 is 29.2 Å². The van der Waals surface area contributed by atoms with E-state index < -0.39 is 0 Å². The molecule has 0 aliphatic carbocycles. The second kappa shape index (κ2) is 7.47. The van der Waals surface area contributed by atoms with Crippen LogP contribution >= 0.6 is 23.2 Å². The summed E-state index contributed by atoms with van der Waals surface area (Å²) in [5.74, 6) is 0.568. The SMILES string of the molecule is CCNCc1nnc(NCCc2ccc(Cl)cc2Cl)o1. The zero-order valence-corrected chi connectivity index (χ0v) is 12.6. The topological polar surface area (TPSA) is 63.0 Å². The average Bonchev–Trinajstić information content (AvgIpc) is 2.87. The Morgan fingerprint density at radius 2 is 2.10 bits per heavy atom. The van der Waals surface area contributed by atoms with Crippen molar-refractivity contribution in [1.29, 1.82) is 0 Å². The molecule has 0 atom stereocenters. The summed E-state index contributed by atoms with van der Waals surface area (Å²) < 4.78 is 5.42. The van der Waals surface area contributed by atoms with Crippen molar-refractivity contribution < 1.29 is 4.42 Å². The predicted octanol–water partition coefficient (Wildman–Crippen LogP) is 3.14. The van der Waals surface area contributed by atoms with Gasteiger partial charge in [0.15, 0.2) is 0 Å². The molecule has 2 rings (SSSR count). The first-order chi connectivity index (χ1) is 9.69. The van der Waals surface area contributed by atoms with E-state index in [1.165, 1.54) is 0 Å². The van der Waals surface area contributed by atoms with Gasteiger partial charge in [-0.05, 0) is 30.7 Å². The van der Waals surface area contributed by atoms with E-state index in [1.807, 2.05) is 19.1 Å². The Hall–Kier alpha value is -1.30. The molecular weight excluding hydrogens is 299 g/mol. The van der Waals surface area contributed by atoms with Gasteiger partial charge in [-0.3, -0.25) is 0 Å². The van der Waals surface area contributed by atoms with Gasteiger partial charge < -0.3 is 15.1 Å². The molecule has 0 aliphatic heterocycles. The van der Waals surface area contributed by atoms with Gasteiger partial charge in [-0.25, -0.2) is 0 Å². The Morgan fingerprint density at radius 3 is 2.85 bits per heavy atom. The molecule has 5 nitrogen and oxygen atoms in total. The van der Waals surface area contributed by atoms with Gasteiger partial charge in [-0.15, -0.1) is 5.10 Å². The molecule has 2 aromatic rings. The van der Waals surface area contributed by atoms with Gasteiger partial charge in [0.2, 0.25) is 5.89 Å². The average molecular weight is 315 g/mol. The van der Waals surface area contributed by atoms with Crippen LogP contribution in [0.4, 0.5) is 6.01 Å². The summed E-state index contributed by atoms with van der Waals surface area (Å²) in [6.45, 7) is 4.12. The van der Waals surface area contributed by atoms with Crippen LogP contribution in [0.5, 0.6) is 0 Å². The number of aromatic nitrogens is 2. The van der Waals surface area contributed by atoms with E-state index in [2.05, 4.69) is 20.8 Å². The zero-order valence-electron chi connectivity index (χ0n) is 11.1. The summed E-state index contributed by atoms with van der Waals surface area (Å²) in [6.07, 6.45) is 0.751. The standard InChI is InChI=1S/C13H16Cl2N4O/c1-2-16-8-12-18-19-13(20-12)17-6-5-9-3-4-10(14)7-11(9)15/h3-4,7,16H,2,5-6,8H2,1H3,(H,17,19). The van der Waals surface area contributed by atoms with Crippen molar-refractivity contribution in [1.82, 2.24) is 15.5 Å². The molecule has 2 N–H and O–H groups in total. The lowest BCUT2D eigenvalue weighted by Gasteiger charge is -2.04. The van der Waals surface area contributed by atoms with Crippen molar-refractivity contribution in [3.05, 3.63) is 39.7 Å². The number of nitrogens with zero attached hydrogens (tertiary/aromatic N) is 2. The number of anilines is 1. The lowest BCUT2D eigenvalue weighted by atomic mass is 10.1. The van der Waals surface area contributed by atoms with Gasteiger partial charge in [0, 0.05) is 16.6 Å². The fourth-order valence-electron chi connectivity index (χ4n) is 1.66. The fraction of sp³-hybridized carbons (Fsp3) is 0.385. The molecule has 0 radical (unpaired) electrons. The summed E-state index contributed by atoms with van der Waals surface area (Å²) in [5.41, 5.74) is 1.02. The second-order valence-corrected chi connectivity index (χ2v) is 5.04. The summed E-state index contributed by atoms with van der Waals surface area (Å²) in [5, 5.41) is 15.3. The van der Waals surface area contributed by atoms with Crippen LogP contribution in [0.15, 0.2) is 22.6 Å². The first-order valence-electron chi connectivity index (χ1n) is 6.40. The number of nitrogens with one attached hydrogen (secondary N) is 2. The highest BCUT2D eigenvalue weighted by Gasteiger charge is 2.05. The Morgan fingerprint density at radius 1 is 1.25 bits per heavy atom. The van der Waals surface area contributed by atoms with Gasteiger partial charge in [0.25, 0.3) is 0 Å². The molecule has 0 amide bonds. The lowest BCUT2D eigenvalue weighted by molar-refractivity contribution is 0.481. The minimum absolute atomic E-state index is 0.419. The number of hydrogen-bond donors (Lipinski definition) is 2. The number of rotatable bonds is 7. The predicted molar refractivity (Wildman–Crippen MR) is 80.3 cm³/mol. The van der Waals surface area contributed by atoms with Crippen LogP contribution in [-0.4, -0.2) is 23.3 Å². The molecule has 0 unspecified atom stereocenters. The maximum absolute atomic E-state index is 6.10. The molecule has 0 saturated carbocycles. The quantitative estimate of drug-likeness (QED) is 0.822. The summed E-state index contributed by atoms with van der Waals surface area (Å²) in [6, 6.07) is 5.89. The molecule has 0 spiro atoms. The first-order valence-corrected chi connectivity index (χ1v) is 7.15. The van der Waals surface area contributed by atoms with E-state index >= 15 is 0 Å². The minimum atomic E-state index is 0.419. The number of halogens is 2. The second-order valence-electron chi connectivity index (χ2n) is 4.19. The van der Waals surface area contributed by atoms with Crippen LogP contribution < -0.4 is 10.6 Å². The third kappa shape index (κ3) is 4.37. The summed E-state index contributed by atoms with van der Waals surface area (Å²) >= 11 is 12.0. The van der Waals surface area contributed by atoms with Crippen LogP contribution in [0, 0.1) is 0 Å². The van der Waals surface area contributed by atoms with Crippen molar-refractivity contribution in [2.75, 3.05) is 18.4 Å². The maximum Gasteiger partial charge on any atom is 0.315 e. The molecule has 0 fully saturated rings. The van der Waals surface area contributed by atoms with Crippen molar-refractivity contribution in [2.24, 2.45) is 0 Å². The maximum atomic E-state index is 6.10. The van der Waals surface area contributed by atoms with Crippen LogP contribution in [0.1, 0.15) is 18.4 Å². The molecule has 1 heterocycles. The van der Waals surface area contributed by atoms with E-state index in [1.54, 1.807) is 6.07 Å². The Bertz CT molecular complexity index is 559. The fourth-order valence-corrected chi connectivity index (χ4v) is 2.16. The summed E-state index contributed by atoms with van der Waals surface area (Å²) in [7, 11) is 0. The molecule has 20 heavy (non-hydrogen) atoms. The smallest absolute Gasteiger partial charge is 0.315 e. The van der Waals surface area contributed by atoms with E-state index in [0.717, 1.165) is 18.5 Å². The Balaban J connectivity index is 1.82. The van der Waals surface area contributed by atoms with Crippen LogP contribution in [0.2, 0.25) is 10.0 Å². The monoisotopic (exact) mass is 314 g/mol. The Labute approximate surface area is 127 Å². The minimum Gasteiger partial charge on any atom is -0.407 e. The highest BCUT2D eigenvalue weighted by atomic mass is 35.5. The largest absolute Gasteiger partial charge is 0.407 e. The van der Waals surface area contributed by atoms with E-state index in [0.29, 0.717) is 35.0 Å². The zero-order chi connectivity index (χ0) is 14.4. The molecule has 0 bridgehead atoms. The molecule has 1 aromatic carbocycles. The highest BCUT2D eigenvalue weighted by Crippen LogP contribution is 2.21. The highest BCUT2D eigenvalue weighted by molar-refractivity contribution is 6.35. The summed E-state index contributed by atoms with van der Waals surface area (Å²) in [4.78, 5) is 0. The molecule has 108 valence electrons. The third-order valence-corrected chi connectivity index (χ3v) is 3.27. The van der Waals surface area contributed by atoms with Crippen molar-refractivity contribution in [3.63, 3.8) is 0 Å². The number of hydrogen-bond acceptors (Lipinski definition) is 5. The van der Waals surface area contributed by atoms with Crippen LogP contribution in [0.25, 0.3) is 0 Å². The third-order valence-electron chi connectivity index (χ3n) is 2.68. The lowest BCUT2D eigenvalue weighted by Crippen LogP contribution is -2.11. The molecule has 7 heteroatoms. The van der Waals surface area contributed by atoms with Crippen molar-refractivity contribution in [2.45, 2.75) is 19.9 Å². The van der Waals surface area contributed by atoms with Gasteiger partial charge in [0.05, 0.1) is 6.54 Å². The Kier molecular flexibility index (Phi) is 5.64. The van der Waals surface area contributed by atoms with Gasteiger partial charge in [-0.2, -0.15) is 0 Å². The van der Waals surface area contributed by atoms with Crippen molar-refractivity contribution in [3.8, 4) is 0 Å². The van der Waals surface area contributed by atoms with Gasteiger partial charge in [0.1, 0.15) is 0 Å². The van der Waals surface area contributed by atoms with E-state index in [4.69, 9.17) is 27.6 Å². The van der Waals surface area contributed by atoms with E-state index in [-0.39, 0.29) is 0 Å². The first kappa shape index (κ1) is 15.1. The van der Waals surface area contributed by atoms with Gasteiger partial charge in [-0.1, -0.05) is 41.3 Å².